The standard InChI is InChI=1S/C18H28N4O2S/c1-12-20-16(11-21(3)13(2)23)17(25-12)14-9-19-10-15(14)18(24)22-7-5-4-6-8-22/h14-15,19H,4-11H2,1-3H3/t14-,15?/m1/s1. The summed E-state index contributed by atoms with van der Waals surface area (Å²) >= 11 is 1.67. The van der Waals surface area contributed by atoms with Gasteiger partial charge in [0, 0.05) is 50.9 Å². The molecule has 1 unspecified atom stereocenters. The number of hydrogen-bond acceptors (Lipinski definition) is 5. The minimum Gasteiger partial charge on any atom is -0.342 e. The predicted molar refractivity (Wildman–Crippen MR) is 98.5 cm³/mol. The number of hydrogen-bond donors (Lipinski definition) is 1. The van der Waals surface area contributed by atoms with E-state index < -0.39 is 0 Å². The Labute approximate surface area is 153 Å². The lowest BCUT2D eigenvalue weighted by molar-refractivity contribution is -0.136. The predicted octanol–water partition coefficient (Wildman–Crippen LogP) is 1.75. The van der Waals surface area contributed by atoms with Gasteiger partial charge in [0.15, 0.2) is 0 Å². The molecule has 7 heteroatoms. The minimum atomic E-state index is -0.0145. The topological polar surface area (TPSA) is 65.5 Å². The molecule has 3 rings (SSSR count). The van der Waals surface area contributed by atoms with Gasteiger partial charge >= 0.3 is 0 Å². The molecule has 1 aromatic heterocycles. The first-order chi connectivity index (χ1) is 12.0. The third-order valence-electron chi connectivity index (χ3n) is 5.29. The van der Waals surface area contributed by atoms with E-state index in [-0.39, 0.29) is 23.7 Å². The molecular formula is C18H28N4O2S. The van der Waals surface area contributed by atoms with Crippen molar-refractivity contribution in [3.63, 3.8) is 0 Å². The second kappa shape index (κ2) is 7.83. The van der Waals surface area contributed by atoms with Gasteiger partial charge in [0.2, 0.25) is 11.8 Å². The van der Waals surface area contributed by atoms with Crippen LogP contribution in [-0.4, -0.2) is 59.8 Å². The number of aryl methyl sites for hydroxylation is 1. The van der Waals surface area contributed by atoms with Crippen LogP contribution >= 0.6 is 11.3 Å². The molecule has 0 spiro atoms. The molecule has 2 aliphatic heterocycles. The monoisotopic (exact) mass is 364 g/mol. The van der Waals surface area contributed by atoms with Crippen molar-refractivity contribution in [2.24, 2.45) is 5.92 Å². The molecule has 3 heterocycles. The van der Waals surface area contributed by atoms with E-state index in [4.69, 9.17) is 0 Å². The zero-order valence-electron chi connectivity index (χ0n) is 15.4. The lowest BCUT2D eigenvalue weighted by Gasteiger charge is -2.31. The number of piperidine rings is 1. The van der Waals surface area contributed by atoms with Crippen molar-refractivity contribution in [3.8, 4) is 0 Å². The van der Waals surface area contributed by atoms with E-state index in [0.717, 1.165) is 49.7 Å². The molecule has 2 fully saturated rings. The number of amides is 2. The highest BCUT2D eigenvalue weighted by Crippen LogP contribution is 2.36. The lowest BCUT2D eigenvalue weighted by atomic mass is 9.91. The molecule has 2 atom stereocenters. The fourth-order valence-electron chi connectivity index (χ4n) is 3.79. The van der Waals surface area contributed by atoms with E-state index in [0.29, 0.717) is 6.54 Å². The Hall–Kier alpha value is -1.47. The van der Waals surface area contributed by atoms with Crippen LogP contribution in [-0.2, 0) is 16.1 Å². The second-order valence-corrected chi connectivity index (χ2v) is 8.41. The summed E-state index contributed by atoms with van der Waals surface area (Å²) in [5.74, 6) is 0.462. The summed E-state index contributed by atoms with van der Waals surface area (Å²) in [6, 6.07) is 0. The Bertz CT molecular complexity index is 639. The summed E-state index contributed by atoms with van der Waals surface area (Å²) in [5, 5.41) is 4.40. The van der Waals surface area contributed by atoms with E-state index >= 15 is 0 Å². The number of nitrogens with one attached hydrogen (secondary N) is 1. The third-order valence-corrected chi connectivity index (χ3v) is 6.44. The number of nitrogens with zero attached hydrogens (tertiary/aromatic N) is 3. The Morgan fingerprint density at radius 3 is 2.68 bits per heavy atom. The highest BCUT2D eigenvalue weighted by molar-refractivity contribution is 7.11. The molecule has 25 heavy (non-hydrogen) atoms. The number of aromatic nitrogens is 1. The van der Waals surface area contributed by atoms with Gasteiger partial charge in [-0.15, -0.1) is 11.3 Å². The highest BCUT2D eigenvalue weighted by Gasteiger charge is 2.39. The number of rotatable bonds is 4. The molecule has 0 bridgehead atoms. The average Bonchev–Trinajstić information content (AvgIpc) is 3.21. The van der Waals surface area contributed by atoms with Crippen molar-refractivity contribution in [3.05, 3.63) is 15.6 Å². The molecule has 2 amide bonds. The van der Waals surface area contributed by atoms with E-state index in [1.165, 1.54) is 11.3 Å². The van der Waals surface area contributed by atoms with Gasteiger partial charge in [-0.05, 0) is 26.2 Å². The van der Waals surface area contributed by atoms with E-state index in [9.17, 15) is 9.59 Å². The summed E-state index contributed by atoms with van der Waals surface area (Å²) in [5.41, 5.74) is 0.949. The van der Waals surface area contributed by atoms with Crippen molar-refractivity contribution in [2.75, 3.05) is 33.2 Å². The van der Waals surface area contributed by atoms with Crippen molar-refractivity contribution in [1.82, 2.24) is 20.1 Å². The van der Waals surface area contributed by atoms with Crippen LogP contribution in [0.2, 0.25) is 0 Å². The first-order valence-corrected chi connectivity index (χ1v) is 9.96. The van der Waals surface area contributed by atoms with Gasteiger partial charge in [0.05, 0.1) is 23.2 Å². The molecule has 6 nitrogen and oxygen atoms in total. The highest BCUT2D eigenvalue weighted by atomic mass is 32.1. The van der Waals surface area contributed by atoms with Gasteiger partial charge in [-0.25, -0.2) is 4.98 Å². The van der Waals surface area contributed by atoms with Crippen LogP contribution in [0.15, 0.2) is 0 Å². The van der Waals surface area contributed by atoms with Crippen LogP contribution in [0.5, 0.6) is 0 Å². The van der Waals surface area contributed by atoms with Gasteiger partial charge < -0.3 is 15.1 Å². The van der Waals surface area contributed by atoms with Crippen LogP contribution in [0.25, 0.3) is 0 Å². The fraction of sp³-hybridized carbons (Fsp3) is 0.722. The normalized spacial score (nSPS) is 23.7. The average molecular weight is 365 g/mol. The number of carbonyl (C=O) groups excluding carboxylic acids is 2. The lowest BCUT2D eigenvalue weighted by Crippen LogP contribution is -2.41. The molecular weight excluding hydrogens is 336 g/mol. The summed E-state index contributed by atoms with van der Waals surface area (Å²) in [6.45, 7) is 7.40. The van der Waals surface area contributed by atoms with Crippen LogP contribution in [0.3, 0.4) is 0 Å². The molecule has 1 aromatic rings. The molecule has 2 saturated heterocycles. The Balaban J connectivity index is 1.80. The zero-order valence-corrected chi connectivity index (χ0v) is 16.2. The SMILES string of the molecule is CC(=O)N(C)Cc1nc(C)sc1[C@@H]1CNCC1C(=O)N1CCCCC1. The van der Waals surface area contributed by atoms with Crippen molar-refractivity contribution < 1.29 is 9.59 Å². The summed E-state index contributed by atoms with van der Waals surface area (Å²) in [7, 11) is 1.80. The van der Waals surface area contributed by atoms with E-state index in [1.807, 2.05) is 11.8 Å². The van der Waals surface area contributed by atoms with E-state index in [1.54, 1.807) is 30.2 Å². The van der Waals surface area contributed by atoms with Crippen LogP contribution in [0.1, 0.15) is 47.7 Å². The number of thiazole rings is 1. The van der Waals surface area contributed by atoms with E-state index in [2.05, 4.69) is 10.3 Å². The molecule has 138 valence electrons. The summed E-state index contributed by atoms with van der Waals surface area (Å²) < 4.78 is 0. The summed E-state index contributed by atoms with van der Waals surface area (Å²) in [4.78, 5) is 34.2. The van der Waals surface area contributed by atoms with Crippen molar-refractivity contribution >= 4 is 23.2 Å². The second-order valence-electron chi connectivity index (χ2n) is 7.18. The van der Waals surface area contributed by atoms with Crippen LogP contribution in [0, 0.1) is 12.8 Å². The smallest absolute Gasteiger partial charge is 0.227 e. The molecule has 2 aliphatic rings. The first-order valence-electron chi connectivity index (χ1n) is 9.14. The zero-order chi connectivity index (χ0) is 18.0. The van der Waals surface area contributed by atoms with Crippen molar-refractivity contribution in [2.45, 2.75) is 45.6 Å². The minimum absolute atomic E-state index is 0.0145. The summed E-state index contributed by atoms with van der Waals surface area (Å²) in [6.07, 6.45) is 3.46. The maximum Gasteiger partial charge on any atom is 0.227 e. The van der Waals surface area contributed by atoms with Gasteiger partial charge in [-0.2, -0.15) is 0 Å². The van der Waals surface area contributed by atoms with Crippen LogP contribution in [0.4, 0.5) is 0 Å². The third kappa shape index (κ3) is 4.03. The van der Waals surface area contributed by atoms with Gasteiger partial charge in [-0.3, -0.25) is 9.59 Å². The van der Waals surface area contributed by atoms with Gasteiger partial charge in [0.1, 0.15) is 0 Å². The molecule has 0 radical (unpaired) electrons. The number of carbonyl (C=O) groups is 2. The molecule has 1 N–H and O–H groups in total. The van der Waals surface area contributed by atoms with Gasteiger partial charge in [0.25, 0.3) is 0 Å². The van der Waals surface area contributed by atoms with Gasteiger partial charge in [-0.1, -0.05) is 0 Å². The quantitative estimate of drug-likeness (QED) is 0.884. The first kappa shape index (κ1) is 18.3. The molecule has 0 aliphatic carbocycles. The molecule has 0 saturated carbocycles. The largest absolute Gasteiger partial charge is 0.342 e. The maximum absolute atomic E-state index is 13.0. The Morgan fingerprint density at radius 1 is 1.28 bits per heavy atom. The molecule has 0 aromatic carbocycles. The maximum atomic E-state index is 13.0. The van der Waals surface area contributed by atoms with Crippen molar-refractivity contribution in [1.29, 1.82) is 0 Å². The Morgan fingerprint density at radius 2 is 2.00 bits per heavy atom. The Kier molecular flexibility index (Phi) is 5.74. The number of likely N-dealkylation sites (tertiary alicyclic amines) is 1. The fourth-order valence-corrected chi connectivity index (χ4v) is 4.89. The van der Waals surface area contributed by atoms with Crippen LogP contribution < -0.4 is 5.32 Å².